The second-order valence-electron chi connectivity index (χ2n) is 5.42. The number of benzene rings is 2. The first-order valence-electron chi connectivity index (χ1n) is 8.01. The number of halogens is 1. The van der Waals surface area contributed by atoms with Crippen LogP contribution in [0.3, 0.4) is 0 Å². The van der Waals surface area contributed by atoms with E-state index < -0.39 is 23.9 Å². The third-order valence-electron chi connectivity index (χ3n) is 3.67. The fourth-order valence-corrected chi connectivity index (χ4v) is 2.43. The number of rotatable bonds is 8. The number of esters is 1. The highest BCUT2D eigenvalue weighted by atomic mass is 35.5. The van der Waals surface area contributed by atoms with Crippen LogP contribution in [-0.2, 0) is 9.53 Å². The van der Waals surface area contributed by atoms with E-state index in [0.29, 0.717) is 16.5 Å². The molecule has 2 N–H and O–H groups in total. The Hall–Kier alpha value is -2.57. The summed E-state index contributed by atoms with van der Waals surface area (Å²) in [7, 11) is 1.51. The Kier molecular flexibility index (Phi) is 7.00. The molecule has 0 unspecified atom stereocenters. The van der Waals surface area contributed by atoms with E-state index in [9.17, 15) is 14.7 Å². The first-order valence-corrected chi connectivity index (χ1v) is 8.39. The van der Waals surface area contributed by atoms with Crippen molar-refractivity contribution in [3.8, 4) is 5.75 Å². The summed E-state index contributed by atoms with van der Waals surface area (Å²) in [5.74, 6) is -0.749. The predicted octanol–water partition coefficient (Wildman–Crippen LogP) is 2.94. The second-order valence-corrected chi connectivity index (χ2v) is 5.85. The molecule has 138 valence electrons. The highest BCUT2D eigenvalue weighted by Crippen LogP contribution is 2.18. The number of carbonyl (C=O) groups is 2. The Bertz CT molecular complexity index is 746. The quantitative estimate of drug-likeness (QED) is 0.543. The van der Waals surface area contributed by atoms with Crippen LogP contribution in [0.2, 0.25) is 5.02 Å². The van der Waals surface area contributed by atoms with Gasteiger partial charge in [0.2, 0.25) is 0 Å². The molecule has 0 saturated carbocycles. The summed E-state index contributed by atoms with van der Waals surface area (Å²) in [4.78, 5) is 24.8. The number of carbonyl (C=O) groups excluding carboxylic acids is 2. The lowest BCUT2D eigenvalue weighted by atomic mass is 10.00. The van der Waals surface area contributed by atoms with E-state index in [1.54, 1.807) is 43.3 Å². The lowest BCUT2D eigenvalue weighted by Gasteiger charge is -2.22. The normalized spacial score (nSPS) is 12.8. The van der Waals surface area contributed by atoms with Gasteiger partial charge in [0.15, 0.2) is 11.8 Å². The molecule has 0 heterocycles. The monoisotopic (exact) mass is 377 g/mol. The fraction of sp³-hybridized carbons (Fsp3) is 0.263. The van der Waals surface area contributed by atoms with Crippen LogP contribution in [0.15, 0.2) is 48.5 Å². The van der Waals surface area contributed by atoms with Gasteiger partial charge in [0, 0.05) is 16.3 Å². The van der Waals surface area contributed by atoms with Crippen molar-refractivity contribution in [2.24, 2.45) is 0 Å². The molecule has 0 saturated heterocycles. The maximum absolute atomic E-state index is 12.6. The Morgan fingerprint density at radius 1 is 1.12 bits per heavy atom. The van der Waals surface area contributed by atoms with Crippen molar-refractivity contribution >= 4 is 29.0 Å². The Balaban J connectivity index is 2.22. The minimum Gasteiger partial charge on any atom is -0.497 e. The van der Waals surface area contributed by atoms with Crippen LogP contribution in [0.1, 0.15) is 17.3 Å². The van der Waals surface area contributed by atoms with Gasteiger partial charge in [-0.25, -0.2) is 4.79 Å². The van der Waals surface area contributed by atoms with E-state index in [1.807, 2.05) is 0 Å². The number of nitrogens with one attached hydrogen (secondary N) is 1. The molecule has 0 radical (unpaired) electrons. The minimum atomic E-state index is -1.63. The van der Waals surface area contributed by atoms with E-state index >= 15 is 0 Å². The van der Waals surface area contributed by atoms with Gasteiger partial charge in [-0.05, 0) is 55.5 Å². The lowest BCUT2D eigenvalue weighted by Crippen LogP contribution is -2.46. The van der Waals surface area contributed by atoms with Crippen molar-refractivity contribution in [3.63, 3.8) is 0 Å². The molecule has 0 spiro atoms. The highest BCUT2D eigenvalue weighted by Gasteiger charge is 2.34. The predicted molar refractivity (Wildman–Crippen MR) is 98.8 cm³/mol. The van der Waals surface area contributed by atoms with Gasteiger partial charge in [0.1, 0.15) is 11.9 Å². The molecule has 6 nitrogen and oxygen atoms in total. The van der Waals surface area contributed by atoms with E-state index in [0.717, 1.165) is 0 Å². The van der Waals surface area contributed by atoms with Crippen LogP contribution >= 0.6 is 11.6 Å². The number of anilines is 1. The summed E-state index contributed by atoms with van der Waals surface area (Å²) in [5, 5.41) is 13.9. The molecule has 2 aromatic carbocycles. The zero-order chi connectivity index (χ0) is 19.1. The van der Waals surface area contributed by atoms with E-state index in [4.69, 9.17) is 21.1 Å². The molecule has 26 heavy (non-hydrogen) atoms. The largest absolute Gasteiger partial charge is 0.497 e. The van der Waals surface area contributed by atoms with E-state index in [1.165, 1.54) is 19.2 Å². The first-order chi connectivity index (χ1) is 12.5. The zero-order valence-electron chi connectivity index (χ0n) is 14.4. The standard InChI is InChI=1S/C19H20ClNO5/c1-3-26-19(24)16(21-14-8-6-13(20)7-9-14)18(23)17(22)12-4-10-15(25-2)11-5-12/h4-11,16,18,21,23H,3H2,1-2H3/t16-,18+/m1/s1. The average Bonchev–Trinajstić information content (AvgIpc) is 2.66. The SMILES string of the molecule is CCOC(=O)[C@H](Nc1ccc(Cl)cc1)[C@H](O)C(=O)c1ccc(OC)cc1. The van der Waals surface area contributed by atoms with Crippen LogP contribution in [0.4, 0.5) is 5.69 Å². The van der Waals surface area contributed by atoms with Crippen molar-refractivity contribution in [2.75, 3.05) is 19.0 Å². The van der Waals surface area contributed by atoms with Crippen LogP contribution in [-0.4, -0.2) is 42.7 Å². The fourth-order valence-electron chi connectivity index (χ4n) is 2.30. The van der Waals surface area contributed by atoms with Gasteiger partial charge in [-0.1, -0.05) is 11.6 Å². The van der Waals surface area contributed by atoms with Crippen LogP contribution in [0.5, 0.6) is 5.75 Å². The van der Waals surface area contributed by atoms with Gasteiger partial charge in [-0.15, -0.1) is 0 Å². The summed E-state index contributed by atoms with van der Waals surface area (Å²) in [6, 6.07) is 11.5. The average molecular weight is 378 g/mol. The van der Waals surface area contributed by atoms with Crippen LogP contribution < -0.4 is 10.1 Å². The topological polar surface area (TPSA) is 84.9 Å². The minimum absolute atomic E-state index is 0.126. The number of aliphatic hydroxyl groups excluding tert-OH is 1. The molecule has 0 bridgehead atoms. The summed E-state index contributed by atoms with van der Waals surface area (Å²) in [5.41, 5.74) is 0.777. The van der Waals surface area contributed by atoms with Gasteiger partial charge in [-0.3, -0.25) is 4.79 Å². The maximum atomic E-state index is 12.6. The zero-order valence-corrected chi connectivity index (χ0v) is 15.2. The molecule has 0 aliphatic heterocycles. The van der Waals surface area contributed by atoms with Crippen LogP contribution in [0.25, 0.3) is 0 Å². The van der Waals surface area contributed by atoms with E-state index in [-0.39, 0.29) is 12.2 Å². The summed E-state index contributed by atoms with van der Waals surface area (Å²) in [6.07, 6.45) is -1.63. The highest BCUT2D eigenvalue weighted by molar-refractivity contribution is 6.30. The molecule has 0 amide bonds. The second kappa shape index (κ2) is 9.22. The molecule has 0 fully saturated rings. The van der Waals surface area contributed by atoms with Gasteiger partial charge in [0.05, 0.1) is 13.7 Å². The van der Waals surface area contributed by atoms with Gasteiger partial charge in [-0.2, -0.15) is 0 Å². The van der Waals surface area contributed by atoms with Crippen molar-refractivity contribution in [1.29, 1.82) is 0 Å². The number of aliphatic hydroxyl groups is 1. The van der Waals surface area contributed by atoms with Gasteiger partial charge >= 0.3 is 5.97 Å². The number of hydrogen-bond acceptors (Lipinski definition) is 6. The van der Waals surface area contributed by atoms with Gasteiger partial charge in [0.25, 0.3) is 0 Å². The molecular formula is C19H20ClNO5. The summed E-state index contributed by atoms with van der Waals surface area (Å²) >= 11 is 5.85. The Morgan fingerprint density at radius 2 is 1.73 bits per heavy atom. The molecule has 0 aliphatic rings. The number of Topliss-reactive ketones (excluding diaryl/α,β-unsaturated/α-hetero) is 1. The number of methoxy groups -OCH3 is 1. The maximum Gasteiger partial charge on any atom is 0.331 e. The molecule has 0 aliphatic carbocycles. The summed E-state index contributed by atoms with van der Waals surface area (Å²) in [6.45, 7) is 1.77. The molecule has 2 aromatic rings. The Labute approximate surface area is 156 Å². The van der Waals surface area contributed by atoms with E-state index in [2.05, 4.69) is 5.32 Å². The lowest BCUT2D eigenvalue weighted by molar-refractivity contribution is -0.145. The number of hydrogen-bond donors (Lipinski definition) is 2. The summed E-state index contributed by atoms with van der Waals surface area (Å²) < 4.78 is 10.0. The molecule has 2 atom stereocenters. The van der Waals surface area contributed by atoms with Gasteiger partial charge < -0.3 is 19.9 Å². The third kappa shape index (κ3) is 4.97. The molecule has 7 heteroatoms. The third-order valence-corrected chi connectivity index (χ3v) is 3.92. The van der Waals surface area contributed by atoms with Crippen LogP contribution in [0, 0.1) is 0 Å². The van der Waals surface area contributed by atoms with Crippen molar-refractivity contribution < 1.29 is 24.2 Å². The smallest absolute Gasteiger partial charge is 0.331 e. The van der Waals surface area contributed by atoms with Crippen molar-refractivity contribution in [2.45, 2.75) is 19.1 Å². The number of ketones is 1. The first kappa shape index (κ1) is 19.8. The van der Waals surface area contributed by atoms with Crippen molar-refractivity contribution in [1.82, 2.24) is 0 Å². The van der Waals surface area contributed by atoms with Crippen molar-refractivity contribution in [3.05, 3.63) is 59.1 Å². The molecular weight excluding hydrogens is 358 g/mol. The number of ether oxygens (including phenoxy) is 2. The molecule has 2 rings (SSSR count). The molecule has 0 aromatic heterocycles. The Morgan fingerprint density at radius 3 is 2.27 bits per heavy atom.